The summed E-state index contributed by atoms with van der Waals surface area (Å²) in [4.78, 5) is 11.9. The predicted octanol–water partition coefficient (Wildman–Crippen LogP) is 1.03. The summed E-state index contributed by atoms with van der Waals surface area (Å²) in [6.07, 6.45) is 0.962. The largest absolute Gasteiger partial charge is 0.406 e. The van der Waals surface area contributed by atoms with Gasteiger partial charge in [0.05, 0.1) is 0 Å². The molecular formula is C8H8F3NO. The van der Waals surface area contributed by atoms with Crippen LogP contribution in [-0.4, -0.2) is 30.1 Å². The number of amides is 1. The van der Waals surface area contributed by atoms with Gasteiger partial charge in [0, 0.05) is 6.54 Å². The first-order valence-corrected chi connectivity index (χ1v) is 3.75. The van der Waals surface area contributed by atoms with E-state index in [2.05, 4.69) is 5.92 Å². The number of rotatable bonds is 1. The van der Waals surface area contributed by atoms with Crippen molar-refractivity contribution in [1.82, 2.24) is 4.90 Å². The van der Waals surface area contributed by atoms with Crippen LogP contribution in [0.25, 0.3) is 0 Å². The van der Waals surface area contributed by atoms with E-state index in [4.69, 9.17) is 6.42 Å². The number of likely N-dealkylation sites (tertiary alicyclic amines) is 1. The van der Waals surface area contributed by atoms with E-state index in [1.165, 1.54) is 0 Å². The third-order valence-electron chi connectivity index (χ3n) is 1.87. The molecule has 1 fully saturated rings. The second kappa shape index (κ2) is 3.29. The van der Waals surface area contributed by atoms with Gasteiger partial charge in [-0.05, 0) is 6.42 Å². The maximum Gasteiger partial charge on any atom is 0.406 e. The average molecular weight is 191 g/mol. The van der Waals surface area contributed by atoms with Crippen molar-refractivity contribution in [3.05, 3.63) is 0 Å². The first-order valence-electron chi connectivity index (χ1n) is 3.75. The molecule has 0 aromatic carbocycles. The van der Waals surface area contributed by atoms with Gasteiger partial charge in [-0.25, -0.2) is 0 Å². The third kappa shape index (κ3) is 2.38. The molecule has 0 aromatic rings. The molecular weight excluding hydrogens is 183 g/mol. The van der Waals surface area contributed by atoms with Crippen molar-refractivity contribution in [1.29, 1.82) is 0 Å². The van der Waals surface area contributed by atoms with E-state index in [1.54, 1.807) is 0 Å². The van der Waals surface area contributed by atoms with Crippen LogP contribution in [0.2, 0.25) is 0 Å². The van der Waals surface area contributed by atoms with Crippen LogP contribution in [0.5, 0.6) is 0 Å². The number of terminal acetylenes is 1. The average Bonchev–Trinajstić information content (AvgIpc) is 2.30. The standard InChI is InChI=1S/C8H8F3NO/c1-2-6-3-4-12(7(6)13)5-8(9,10)11/h1,6H,3-5H2. The molecule has 0 saturated carbocycles. The summed E-state index contributed by atoms with van der Waals surface area (Å²) in [5.74, 6) is 0.923. The lowest BCUT2D eigenvalue weighted by molar-refractivity contribution is -0.158. The Bertz CT molecular complexity index is 253. The molecule has 2 nitrogen and oxygen atoms in total. The Morgan fingerprint density at radius 2 is 2.23 bits per heavy atom. The first-order chi connectivity index (χ1) is 5.94. The fraction of sp³-hybridized carbons (Fsp3) is 0.625. The van der Waals surface area contributed by atoms with Gasteiger partial charge in [0.15, 0.2) is 0 Å². The van der Waals surface area contributed by atoms with Crippen LogP contribution in [0.15, 0.2) is 0 Å². The highest BCUT2D eigenvalue weighted by atomic mass is 19.4. The van der Waals surface area contributed by atoms with Gasteiger partial charge in [0.2, 0.25) is 5.91 Å². The van der Waals surface area contributed by atoms with E-state index in [9.17, 15) is 18.0 Å². The molecule has 1 saturated heterocycles. The quantitative estimate of drug-likeness (QED) is 0.567. The van der Waals surface area contributed by atoms with Crippen molar-refractivity contribution in [3.63, 3.8) is 0 Å². The Labute approximate surface area is 73.7 Å². The van der Waals surface area contributed by atoms with Crippen molar-refractivity contribution in [2.45, 2.75) is 12.6 Å². The van der Waals surface area contributed by atoms with Crippen molar-refractivity contribution in [3.8, 4) is 12.3 Å². The van der Waals surface area contributed by atoms with Crippen molar-refractivity contribution >= 4 is 5.91 Å². The van der Waals surface area contributed by atoms with E-state index in [0.717, 1.165) is 4.90 Å². The Morgan fingerprint density at radius 3 is 2.62 bits per heavy atom. The summed E-state index contributed by atoms with van der Waals surface area (Å²) in [6, 6.07) is 0. The van der Waals surface area contributed by atoms with Gasteiger partial charge >= 0.3 is 6.18 Å². The van der Waals surface area contributed by atoms with Gasteiger partial charge in [-0.15, -0.1) is 6.42 Å². The van der Waals surface area contributed by atoms with E-state index in [0.29, 0.717) is 6.42 Å². The Balaban J connectivity index is 2.57. The second-order valence-electron chi connectivity index (χ2n) is 2.88. The zero-order valence-electron chi connectivity index (χ0n) is 6.77. The highest BCUT2D eigenvalue weighted by Crippen LogP contribution is 2.23. The molecule has 1 rings (SSSR count). The SMILES string of the molecule is C#CC1CCN(CC(F)(F)F)C1=O. The maximum atomic E-state index is 11.9. The van der Waals surface area contributed by atoms with Gasteiger partial charge in [-0.3, -0.25) is 4.79 Å². The molecule has 5 heteroatoms. The fourth-order valence-corrected chi connectivity index (χ4v) is 1.27. The summed E-state index contributed by atoms with van der Waals surface area (Å²) in [6.45, 7) is -1.09. The summed E-state index contributed by atoms with van der Waals surface area (Å²) in [5.41, 5.74) is 0. The number of halogens is 3. The summed E-state index contributed by atoms with van der Waals surface area (Å²) < 4.78 is 35.6. The minimum atomic E-state index is -4.33. The lowest BCUT2D eigenvalue weighted by atomic mass is 10.1. The van der Waals surface area contributed by atoms with Gasteiger partial charge in [0.1, 0.15) is 12.5 Å². The minimum absolute atomic E-state index is 0.104. The van der Waals surface area contributed by atoms with E-state index < -0.39 is 24.5 Å². The van der Waals surface area contributed by atoms with Gasteiger partial charge in [-0.1, -0.05) is 5.92 Å². The maximum absolute atomic E-state index is 11.9. The summed E-state index contributed by atoms with van der Waals surface area (Å²) in [5, 5.41) is 0. The van der Waals surface area contributed by atoms with Crippen LogP contribution >= 0.6 is 0 Å². The van der Waals surface area contributed by atoms with Gasteiger partial charge in [-0.2, -0.15) is 13.2 Å². The summed E-state index contributed by atoms with van der Waals surface area (Å²) in [7, 11) is 0. The normalized spacial score (nSPS) is 23.4. The number of hydrogen-bond acceptors (Lipinski definition) is 1. The molecule has 72 valence electrons. The number of carbonyl (C=O) groups excluding carboxylic acids is 1. The molecule has 0 aliphatic carbocycles. The zero-order valence-corrected chi connectivity index (χ0v) is 6.77. The van der Waals surface area contributed by atoms with Crippen LogP contribution in [0.1, 0.15) is 6.42 Å². The Morgan fingerprint density at radius 1 is 1.62 bits per heavy atom. The molecule has 1 unspecified atom stereocenters. The topological polar surface area (TPSA) is 20.3 Å². The Hall–Kier alpha value is -1.18. The van der Waals surface area contributed by atoms with Crippen LogP contribution in [-0.2, 0) is 4.79 Å². The molecule has 1 heterocycles. The lowest BCUT2D eigenvalue weighted by Gasteiger charge is -2.17. The molecule has 13 heavy (non-hydrogen) atoms. The zero-order chi connectivity index (χ0) is 10.1. The molecule has 0 N–H and O–H groups in total. The predicted molar refractivity (Wildman–Crippen MR) is 39.6 cm³/mol. The first kappa shape index (κ1) is 9.90. The van der Waals surface area contributed by atoms with Crippen molar-refractivity contribution in [2.75, 3.05) is 13.1 Å². The van der Waals surface area contributed by atoms with Gasteiger partial charge in [0.25, 0.3) is 0 Å². The number of hydrogen-bond donors (Lipinski definition) is 0. The molecule has 0 bridgehead atoms. The number of nitrogens with zero attached hydrogens (tertiary/aromatic N) is 1. The molecule has 0 radical (unpaired) electrons. The number of alkyl halides is 3. The highest BCUT2D eigenvalue weighted by molar-refractivity contribution is 5.83. The van der Waals surface area contributed by atoms with Crippen LogP contribution < -0.4 is 0 Å². The van der Waals surface area contributed by atoms with Crippen molar-refractivity contribution in [2.24, 2.45) is 5.92 Å². The third-order valence-corrected chi connectivity index (χ3v) is 1.87. The highest BCUT2D eigenvalue weighted by Gasteiger charge is 2.38. The van der Waals surface area contributed by atoms with Crippen LogP contribution in [0.3, 0.4) is 0 Å². The van der Waals surface area contributed by atoms with Crippen molar-refractivity contribution < 1.29 is 18.0 Å². The molecule has 0 spiro atoms. The Kier molecular flexibility index (Phi) is 2.50. The minimum Gasteiger partial charge on any atom is -0.332 e. The van der Waals surface area contributed by atoms with Crippen LogP contribution in [0.4, 0.5) is 13.2 Å². The van der Waals surface area contributed by atoms with Gasteiger partial charge < -0.3 is 4.90 Å². The number of carbonyl (C=O) groups is 1. The summed E-state index contributed by atoms with van der Waals surface area (Å²) >= 11 is 0. The smallest absolute Gasteiger partial charge is 0.332 e. The monoisotopic (exact) mass is 191 g/mol. The molecule has 1 aliphatic rings. The van der Waals surface area contributed by atoms with E-state index >= 15 is 0 Å². The lowest BCUT2D eigenvalue weighted by Crippen LogP contribution is -2.36. The van der Waals surface area contributed by atoms with E-state index in [-0.39, 0.29) is 6.54 Å². The molecule has 1 amide bonds. The molecule has 1 aliphatic heterocycles. The fourth-order valence-electron chi connectivity index (χ4n) is 1.27. The second-order valence-corrected chi connectivity index (χ2v) is 2.88. The molecule has 1 atom stereocenters. The van der Waals surface area contributed by atoms with Crippen LogP contribution in [0, 0.1) is 18.3 Å². The van der Waals surface area contributed by atoms with E-state index in [1.807, 2.05) is 0 Å². The molecule has 0 aromatic heterocycles.